The van der Waals surface area contributed by atoms with Crippen molar-refractivity contribution in [1.82, 2.24) is 14.5 Å². The Morgan fingerprint density at radius 2 is 2.00 bits per heavy atom. The molecule has 0 spiro atoms. The second-order valence-electron chi connectivity index (χ2n) is 4.35. The predicted molar refractivity (Wildman–Crippen MR) is 77.4 cm³/mol. The normalized spacial score (nSPS) is 10.7. The number of halogens is 1. The van der Waals surface area contributed by atoms with Crippen molar-refractivity contribution in [1.29, 1.82) is 0 Å². The van der Waals surface area contributed by atoms with Crippen LogP contribution in [-0.2, 0) is 6.54 Å². The van der Waals surface area contributed by atoms with Crippen molar-refractivity contribution in [2.75, 3.05) is 0 Å². The monoisotopic (exact) mass is 303 g/mol. The van der Waals surface area contributed by atoms with Gasteiger partial charge in [0.15, 0.2) is 5.76 Å². The summed E-state index contributed by atoms with van der Waals surface area (Å²) in [6, 6.07) is 9.48. The predicted octanol–water partition coefficient (Wildman–Crippen LogP) is 1.89. The number of oxazole rings is 1. The van der Waals surface area contributed by atoms with E-state index >= 15 is 0 Å². The third-order valence-electron chi connectivity index (χ3n) is 2.88. The Labute approximate surface area is 123 Å². The summed E-state index contributed by atoms with van der Waals surface area (Å²) in [6.07, 6.45) is 2.85. The van der Waals surface area contributed by atoms with Crippen molar-refractivity contribution in [3.05, 3.63) is 74.5 Å². The lowest BCUT2D eigenvalue weighted by molar-refractivity contribution is 0.481. The van der Waals surface area contributed by atoms with Crippen LogP contribution in [0.4, 0.5) is 0 Å². The molecule has 1 N–H and O–H groups in total. The van der Waals surface area contributed by atoms with Gasteiger partial charge in [-0.3, -0.25) is 14.3 Å². The van der Waals surface area contributed by atoms with E-state index in [1.165, 1.54) is 10.8 Å². The number of hydrogen-bond donors (Lipinski definition) is 1. The van der Waals surface area contributed by atoms with Crippen molar-refractivity contribution in [3.63, 3.8) is 0 Å². The molecule has 106 valence electrons. The molecule has 0 aliphatic carbocycles. The number of aromatic nitrogens is 3. The molecule has 0 fully saturated rings. The highest BCUT2D eigenvalue weighted by atomic mass is 35.5. The molecule has 3 rings (SSSR count). The summed E-state index contributed by atoms with van der Waals surface area (Å²) in [7, 11) is 0. The van der Waals surface area contributed by atoms with E-state index in [0.717, 1.165) is 5.56 Å². The smallest absolute Gasteiger partial charge is 0.328 e. The van der Waals surface area contributed by atoms with Crippen LogP contribution in [0.3, 0.4) is 0 Å². The van der Waals surface area contributed by atoms with Crippen LogP contribution in [0.25, 0.3) is 11.3 Å². The second-order valence-corrected chi connectivity index (χ2v) is 4.76. The summed E-state index contributed by atoms with van der Waals surface area (Å²) in [6.45, 7) is 0.0855. The van der Waals surface area contributed by atoms with Gasteiger partial charge in [-0.1, -0.05) is 41.9 Å². The van der Waals surface area contributed by atoms with E-state index in [-0.39, 0.29) is 11.6 Å². The lowest BCUT2D eigenvalue weighted by atomic mass is 10.2. The van der Waals surface area contributed by atoms with E-state index in [0.29, 0.717) is 11.7 Å². The highest BCUT2D eigenvalue weighted by Crippen LogP contribution is 2.19. The fourth-order valence-electron chi connectivity index (χ4n) is 1.87. The molecule has 3 aromatic rings. The molecule has 7 heteroatoms. The molecule has 0 bridgehead atoms. The summed E-state index contributed by atoms with van der Waals surface area (Å²) in [5, 5.41) is -0.0653. The highest BCUT2D eigenvalue weighted by molar-refractivity contribution is 6.30. The van der Waals surface area contributed by atoms with Gasteiger partial charge in [0.25, 0.3) is 5.56 Å². The fraction of sp³-hybridized carbons (Fsp3) is 0.0714. The first-order valence-corrected chi connectivity index (χ1v) is 6.50. The Bertz CT molecular complexity index is 880. The van der Waals surface area contributed by atoms with Gasteiger partial charge in [-0.2, -0.15) is 0 Å². The van der Waals surface area contributed by atoms with Gasteiger partial charge in [-0.15, -0.1) is 0 Å². The number of rotatable bonds is 3. The quantitative estimate of drug-likeness (QED) is 0.801. The van der Waals surface area contributed by atoms with Crippen LogP contribution >= 0.6 is 11.6 Å². The maximum atomic E-state index is 11.7. The molecule has 0 unspecified atom stereocenters. The van der Waals surface area contributed by atoms with E-state index in [9.17, 15) is 9.59 Å². The Morgan fingerprint density at radius 3 is 2.76 bits per heavy atom. The van der Waals surface area contributed by atoms with Crippen LogP contribution in [0.15, 0.2) is 56.7 Å². The van der Waals surface area contributed by atoms with Crippen LogP contribution < -0.4 is 11.2 Å². The van der Waals surface area contributed by atoms with E-state index in [1.807, 2.05) is 30.3 Å². The number of hydrogen-bond acceptors (Lipinski definition) is 4. The molecule has 2 heterocycles. The average molecular weight is 304 g/mol. The van der Waals surface area contributed by atoms with E-state index in [2.05, 4.69) is 9.97 Å². The van der Waals surface area contributed by atoms with Crippen LogP contribution in [0.5, 0.6) is 0 Å². The number of H-pyrrole nitrogens is 1. The minimum atomic E-state index is -0.615. The molecule has 1 aromatic carbocycles. The molecule has 0 saturated carbocycles. The number of aromatic amines is 1. The van der Waals surface area contributed by atoms with Crippen molar-refractivity contribution in [3.8, 4) is 11.3 Å². The molecular weight excluding hydrogens is 294 g/mol. The van der Waals surface area contributed by atoms with Crippen molar-refractivity contribution < 1.29 is 4.42 Å². The first-order chi connectivity index (χ1) is 10.1. The summed E-state index contributed by atoms with van der Waals surface area (Å²) in [5.74, 6) is 0.952. The second kappa shape index (κ2) is 5.41. The van der Waals surface area contributed by atoms with Crippen molar-refractivity contribution in [2.45, 2.75) is 6.54 Å². The van der Waals surface area contributed by atoms with E-state index < -0.39 is 11.2 Å². The minimum absolute atomic E-state index is 0.0653. The summed E-state index contributed by atoms with van der Waals surface area (Å²) < 4.78 is 6.82. The third-order valence-corrected chi connectivity index (χ3v) is 3.15. The SMILES string of the molecule is O=c1[nH]c(=O)n(Cc2ncc(-c3ccccc3)o2)cc1Cl. The van der Waals surface area contributed by atoms with Gasteiger partial charge in [0.2, 0.25) is 5.89 Å². The van der Waals surface area contributed by atoms with Gasteiger partial charge in [0.1, 0.15) is 11.6 Å². The van der Waals surface area contributed by atoms with Crippen LogP contribution in [0.2, 0.25) is 5.02 Å². The van der Waals surface area contributed by atoms with Gasteiger partial charge in [-0.05, 0) is 0 Å². The Hall–Kier alpha value is -2.60. The van der Waals surface area contributed by atoms with Gasteiger partial charge in [0.05, 0.1) is 6.20 Å². The van der Waals surface area contributed by atoms with E-state index in [4.69, 9.17) is 16.0 Å². The molecule has 21 heavy (non-hydrogen) atoms. The van der Waals surface area contributed by atoms with Crippen LogP contribution in [-0.4, -0.2) is 14.5 Å². The first kappa shape index (κ1) is 13.4. The molecule has 0 saturated heterocycles. The number of nitrogens with zero attached hydrogens (tertiary/aromatic N) is 2. The number of nitrogens with one attached hydrogen (secondary N) is 1. The maximum Gasteiger partial charge on any atom is 0.328 e. The lowest BCUT2D eigenvalue weighted by Gasteiger charge is -2.01. The average Bonchev–Trinajstić information content (AvgIpc) is 2.94. The fourth-order valence-corrected chi connectivity index (χ4v) is 2.03. The standard InChI is InChI=1S/C14H10ClN3O3/c15-10-7-18(14(20)17-13(10)19)8-12-16-6-11(21-12)9-4-2-1-3-5-9/h1-7H,8H2,(H,17,19,20). The molecule has 0 atom stereocenters. The zero-order chi connectivity index (χ0) is 14.8. The van der Waals surface area contributed by atoms with Gasteiger partial charge >= 0.3 is 5.69 Å². The Morgan fingerprint density at radius 1 is 1.24 bits per heavy atom. The molecule has 6 nitrogen and oxygen atoms in total. The molecule has 0 amide bonds. The van der Waals surface area contributed by atoms with Crippen LogP contribution in [0, 0.1) is 0 Å². The molecule has 0 aliphatic rings. The van der Waals surface area contributed by atoms with Gasteiger partial charge < -0.3 is 4.42 Å². The van der Waals surface area contributed by atoms with Crippen molar-refractivity contribution in [2.24, 2.45) is 0 Å². The third kappa shape index (κ3) is 2.80. The lowest BCUT2D eigenvalue weighted by Crippen LogP contribution is -2.30. The van der Waals surface area contributed by atoms with E-state index in [1.54, 1.807) is 6.20 Å². The molecule has 2 aromatic heterocycles. The maximum absolute atomic E-state index is 11.7. The summed E-state index contributed by atoms with van der Waals surface area (Å²) >= 11 is 5.70. The van der Waals surface area contributed by atoms with Gasteiger partial charge in [0, 0.05) is 11.8 Å². The zero-order valence-corrected chi connectivity index (χ0v) is 11.5. The molecule has 0 aliphatic heterocycles. The Kier molecular flexibility index (Phi) is 3.45. The number of benzene rings is 1. The summed E-state index contributed by atoms with van der Waals surface area (Å²) in [5.41, 5.74) is -0.290. The first-order valence-electron chi connectivity index (χ1n) is 6.13. The summed E-state index contributed by atoms with van der Waals surface area (Å²) in [4.78, 5) is 29.1. The molecule has 0 radical (unpaired) electrons. The molecular formula is C14H10ClN3O3. The van der Waals surface area contributed by atoms with Crippen molar-refractivity contribution >= 4 is 11.6 Å². The zero-order valence-electron chi connectivity index (χ0n) is 10.7. The Balaban J connectivity index is 1.90. The highest BCUT2D eigenvalue weighted by Gasteiger charge is 2.09. The van der Waals surface area contributed by atoms with Crippen LogP contribution in [0.1, 0.15) is 5.89 Å². The van der Waals surface area contributed by atoms with Gasteiger partial charge in [-0.25, -0.2) is 9.78 Å². The topological polar surface area (TPSA) is 80.9 Å². The minimum Gasteiger partial charge on any atom is -0.439 e. The largest absolute Gasteiger partial charge is 0.439 e.